The summed E-state index contributed by atoms with van der Waals surface area (Å²) >= 11 is 0. The van der Waals surface area contributed by atoms with Crippen molar-refractivity contribution in [1.29, 1.82) is 0 Å². The Morgan fingerprint density at radius 3 is 0.730 bits per heavy atom. The van der Waals surface area contributed by atoms with Crippen LogP contribution >= 0.6 is 15.6 Å². The van der Waals surface area contributed by atoms with E-state index in [0.717, 1.165) is 186 Å². The lowest BCUT2D eigenvalue weighted by molar-refractivity contribution is -0.161. The highest BCUT2D eigenvalue weighted by molar-refractivity contribution is 7.47. The van der Waals surface area contributed by atoms with Crippen LogP contribution in [0.4, 0.5) is 0 Å². The molecule has 5 atom stereocenters. The maximum absolute atomic E-state index is 13.1. The van der Waals surface area contributed by atoms with E-state index in [1.807, 2.05) is 0 Å². The first-order chi connectivity index (χ1) is 56.2. The molecule has 0 radical (unpaired) electrons. The third-order valence-corrected chi connectivity index (χ3v) is 20.8. The van der Waals surface area contributed by atoms with Gasteiger partial charge in [0.15, 0.2) is 6.10 Å². The van der Waals surface area contributed by atoms with Crippen LogP contribution in [0.1, 0.15) is 367 Å². The summed E-state index contributed by atoms with van der Waals surface area (Å²) in [7, 11) is -9.82. The predicted molar refractivity (Wildman–Crippen MR) is 482 cm³/mol. The van der Waals surface area contributed by atoms with E-state index in [0.29, 0.717) is 19.3 Å². The van der Waals surface area contributed by atoms with Gasteiger partial charge in [0.05, 0.1) is 26.4 Å². The van der Waals surface area contributed by atoms with E-state index in [2.05, 4.69) is 191 Å². The fourth-order valence-corrected chi connectivity index (χ4v) is 13.7. The maximum atomic E-state index is 13.1. The van der Waals surface area contributed by atoms with Crippen LogP contribution in [0.5, 0.6) is 0 Å². The van der Waals surface area contributed by atoms with Crippen LogP contribution in [0, 0.1) is 0 Å². The standard InChI is InChI=1S/C97H164O16P2/c1-4-7-10-13-16-19-22-25-28-31-34-37-40-42-44-45-47-49-51-53-56-59-62-65-68-71-74-77-80-83-95(100)107-86-92(98)87-109-114(103,104)110-88-93(99)89-111-115(105,106)112-91-94(113-97(102)85-82-79-76-73-70-67-64-61-58-55-50-39-36-33-30-27-24-21-18-15-12-9-6-3)90-108-96(101)84-81-78-75-72-69-66-63-60-57-54-52-48-46-43-41-38-35-32-29-26-23-20-17-14-11-8-5-2/h7,9-10,12,16-21,25-30,34-39,42-44,46,55,58,92-94,98-99H,4-6,8,11,13-15,22-24,31-33,40-41,45,47-54,56-57,59-91H2,1-3H3,(H,103,104)(H,105,106)/b10-7-,12-9-,19-16-,20-17-,21-18-,28-25-,29-26-,30-27-,37-34-,38-35-,39-36-,44-42-,46-43-,58-55-. The highest BCUT2D eigenvalue weighted by Gasteiger charge is 2.29. The minimum Gasteiger partial charge on any atom is -0.463 e. The summed E-state index contributed by atoms with van der Waals surface area (Å²) in [5.74, 6) is -1.59. The molecule has 0 spiro atoms. The molecule has 0 bridgehead atoms. The molecule has 658 valence electrons. The molecule has 0 aromatic heterocycles. The topological polar surface area (TPSA) is 231 Å². The molecular weight excluding hydrogens is 1480 g/mol. The van der Waals surface area contributed by atoms with Crippen LogP contribution in [0.2, 0.25) is 0 Å². The predicted octanol–water partition coefficient (Wildman–Crippen LogP) is 27.9. The summed E-state index contributed by atoms with van der Waals surface area (Å²) < 4.78 is 61.5. The molecule has 0 saturated carbocycles. The molecule has 0 aromatic carbocycles. The van der Waals surface area contributed by atoms with E-state index < -0.39 is 91.5 Å². The molecule has 0 aliphatic carbocycles. The van der Waals surface area contributed by atoms with Crippen molar-refractivity contribution in [3.63, 3.8) is 0 Å². The molecule has 115 heavy (non-hydrogen) atoms. The number of ether oxygens (including phenoxy) is 3. The van der Waals surface area contributed by atoms with E-state index in [4.69, 9.17) is 32.3 Å². The van der Waals surface area contributed by atoms with E-state index in [-0.39, 0.29) is 19.3 Å². The van der Waals surface area contributed by atoms with Gasteiger partial charge in [-0.1, -0.05) is 364 Å². The molecule has 16 nitrogen and oxygen atoms in total. The lowest BCUT2D eigenvalue weighted by Gasteiger charge is -2.21. The zero-order valence-corrected chi connectivity index (χ0v) is 74.2. The molecule has 0 aliphatic heterocycles. The van der Waals surface area contributed by atoms with Crippen LogP contribution in [-0.4, -0.2) is 95.9 Å². The minimum atomic E-state index is -4.95. The number of hydrogen-bond donors (Lipinski definition) is 4. The van der Waals surface area contributed by atoms with Gasteiger partial charge < -0.3 is 34.2 Å². The van der Waals surface area contributed by atoms with Gasteiger partial charge in [0.2, 0.25) is 0 Å². The third-order valence-electron chi connectivity index (χ3n) is 18.9. The van der Waals surface area contributed by atoms with Crippen molar-refractivity contribution < 1.29 is 75.8 Å². The average molecular weight is 1650 g/mol. The summed E-state index contributed by atoms with van der Waals surface area (Å²) in [6, 6.07) is 0. The van der Waals surface area contributed by atoms with Gasteiger partial charge in [-0.3, -0.25) is 32.5 Å². The number of aliphatic hydroxyl groups is 2. The Labute approximate surface area is 701 Å². The second-order valence-corrected chi connectivity index (χ2v) is 32.9. The van der Waals surface area contributed by atoms with Gasteiger partial charge in [0.1, 0.15) is 25.4 Å². The lowest BCUT2D eigenvalue weighted by Crippen LogP contribution is -2.30. The van der Waals surface area contributed by atoms with Crippen LogP contribution in [0.15, 0.2) is 170 Å². The number of phosphoric acid groups is 2. The van der Waals surface area contributed by atoms with Gasteiger partial charge in [-0.15, -0.1) is 0 Å². The molecule has 0 aromatic rings. The highest BCUT2D eigenvalue weighted by atomic mass is 31.2. The van der Waals surface area contributed by atoms with Crippen LogP contribution in [0.3, 0.4) is 0 Å². The Bertz CT molecular complexity index is 2770. The van der Waals surface area contributed by atoms with Crippen molar-refractivity contribution in [2.24, 2.45) is 0 Å². The third kappa shape index (κ3) is 89.5. The summed E-state index contributed by atoms with van der Waals surface area (Å²) in [5.41, 5.74) is 0. The fraction of sp³-hybridized carbons (Fsp3) is 0.680. The molecule has 0 aliphatic rings. The van der Waals surface area contributed by atoms with Crippen LogP contribution in [0.25, 0.3) is 0 Å². The van der Waals surface area contributed by atoms with Crippen molar-refractivity contribution in [1.82, 2.24) is 0 Å². The number of unbranched alkanes of at least 4 members (excludes halogenated alkanes) is 34. The van der Waals surface area contributed by atoms with E-state index in [9.17, 15) is 43.5 Å². The fourth-order valence-electron chi connectivity index (χ4n) is 12.1. The Morgan fingerprint density at radius 2 is 0.461 bits per heavy atom. The van der Waals surface area contributed by atoms with Gasteiger partial charge in [-0.2, -0.15) is 0 Å². The van der Waals surface area contributed by atoms with Gasteiger partial charge in [0, 0.05) is 19.3 Å². The molecule has 0 amide bonds. The van der Waals surface area contributed by atoms with Crippen molar-refractivity contribution >= 4 is 33.6 Å². The minimum absolute atomic E-state index is 0.0863. The van der Waals surface area contributed by atoms with Crippen LogP contribution in [-0.2, 0) is 55.8 Å². The molecule has 0 fully saturated rings. The summed E-state index contributed by atoms with van der Waals surface area (Å²) in [6.07, 6.45) is 114. The van der Waals surface area contributed by atoms with Crippen molar-refractivity contribution in [3.8, 4) is 0 Å². The Balaban J connectivity index is 4.65. The second kappa shape index (κ2) is 88.2. The molecule has 18 heteroatoms. The number of carbonyl (C=O) groups excluding carboxylic acids is 3. The number of phosphoric ester groups is 2. The van der Waals surface area contributed by atoms with Gasteiger partial charge in [-0.05, 0) is 154 Å². The molecular formula is C97H164O16P2. The van der Waals surface area contributed by atoms with Crippen molar-refractivity contribution in [2.45, 2.75) is 386 Å². The van der Waals surface area contributed by atoms with Gasteiger partial charge in [-0.25, -0.2) is 9.13 Å². The largest absolute Gasteiger partial charge is 0.472 e. The average Bonchev–Trinajstić information content (AvgIpc) is 0.906. The first-order valence-electron chi connectivity index (χ1n) is 45.4. The molecule has 0 saturated heterocycles. The molecule has 5 unspecified atom stereocenters. The van der Waals surface area contributed by atoms with E-state index in [1.165, 1.54) is 122 Å². The lowest BCUT2D eigenvalue weighted by atomic mass is 10.0. The Hall–Kier alpha value is -5.09. The molecule has 0 heterocycles. The summed E-state index contributed by atoms with van der Waals surface area (Å²) in [4.78, 5) is 59.0. The van der Waals surface area contributed by atoms with Crippen molar-refractivity contribution in [3.05, 3.63) is 170 Å². The molecule has 4 N–H and O–H groups in total. The SMILES string of the molecule is CC/C=C\C/C=C\C/C=C\C/C=C\C/C=C\CCCCCCCCCCCCCCCC(=O)OCC(O)COP(=O)(O)OCC(O)COP(=O)(O)OCC(COC(=O)CCCCCCCCCCCCC/C=C\C/C=C\C/C=C\C/C=C\CCCCC)OC(=O)CCCCCCCCC/C=C\C/C=C\C/C=C\C/C=C\C/C=C\CC. The Kier molecular flexibility index (Phi) is 84.3. The van der Waals surface area contributed by atoms with Crippen molar-refractivity contribution in [2.75, 3.05) is 39.6 Å². The smallest absolute Gasteiger partial charge is 0.463 e. The number of hydrogen-bond acceptors (Lipinski definition) is 14. The maximum Gasteiger partial charge on any atom is 0.472 e. The second-order valence-electron chi connectivity index (χ2n) is 30.0. The quantitative estimate of drug-likeness (QED) is 0.0146. The van der Waals surface area contributed by atoms with Gasteiger partial charge >= 0.3 is 33.6 Å². The zero-order chi connectivity index (χ0) is 83.6. The highest BCUT2D eigenvalue weighted by Crippen LogP contribution is 2.45. The number of esters is 3. The summed E-state index contributed by atoms with van der Waals surface area (Å²) in [6.45, 7) is 2.45. The molecule has 0 rings (SSSR count). The van der Waals surface area contributed by atoms with E-state index in [1.54, 1.807) is 0 Å². The van der Waals surface area contributed by atoms with Gasteiger partial charge in [0.25, 0.3) is 0 Å². The summed E-state index contributed by atoms with van der Waals surface area (Å²) in [5, 5.41) is 20.7. The number of aliphatic hydroxyl groups excluding tert-OH is 2. The monoisotopic (exact) mass is 1650 g/mol. The number of rotatable bonds is 85. The Morgan fingerprint density at radius 1 is 0.252 bits per heavy atom. The number of carbonyl (C=O) groups is 3. The first kappa shape index (κ1) is 110. The number of allylic oxidation sites excluding steroid dienone is 28. The van der Waals surface area contributed by atoms with E-state index >= 15 is 0 Å². The first-order valence-corrected chi connectivity index (χ1v) is 48.4. The normalized spacial score (nSPS) is 14.6. The van der Waals surface area contributed by atoms with Crippen LogP contribution < -0.4 is 0 Å². The zero-order valence-electron chi connectivity index (χ0n) is 72.4.